The van der Waals surface area contributed by atoms with Gasteiger partial charge < -0.3 is 0 Å². The summed E-state index contributed by atoms with van der Waals surface area (Å²) < 4.78 is 0. The summed E-state index contributed by atoms with van der Waals surface area (Å²) >= 11 is 9.26. The Morgan fingerprint density at radius 1 is 0.500 bits per heavy atom. The molecule has 0 bridgehead atoms. The van der Waals surface area contributed by atoms with Gasteiger partial charge in [0.2, 0.25) is 0 Å². The van der Waals surface area contributed by atoms with Crippen LogP contribution in [0.25, 0.3) is 0 Å². The number of aliphatic imine (C=N–C) groups is 2. The van der Waals surface area contributed by atoms with Crippen LogP contribution in [-0.2, 0) is 0 Å². The van der Waals surface area contributed by atoms with Crippen LogP contribution in [0.4, 0.5) is 0 Å². The summed E-state index contributed by atoms with van der Waals surface area (Å²) in [5.41, 5.74) is 0. The summed E-state index contributed by atoms with van der Waals surface area (Å²) in [6, 6.07) is 0. The van der Waals surface area contributed by atoms with E-state index < -0.39 is 0 Å². The van der Waals surface area contributed by atoms with E-state index in [1.54, 1.807) is 0 Å². The molecule has 0 aromatic heterocycles. The van der Waals surface area contributed by atoms with E-state index in [1.165, 1.54) is 116 Å². The lowest BCUT2D eigenvalue weighted by molar-refractivity contribution is 0.516. The highest BCUT2D eigenvalue weighted by Gasteiger charge is 2.02. The van der Waals surface area contributed by atoms with Crippen molar-refractivity contribution < 1.29 is 0 Å². The van der Waals surface area contributed by atoms with Crippen LogP contribution < -0.4 is 0 Å². The van der Waals surface area contributed by atoms with Crippen molar-refractivity contribution in [1.29, 1.82) is 0 Å². The number of hydrogen-bond acceptors (Lipinski definition) is 4. The molecule has 0 aliphatic heterocycles. The molecule has 0 atom stereocenters. The molecule has 0 unspecified atom stereocenters. The Bertz CT molecular complexity index is 395. The van der Waals surface area contributed by atoms with Crippen molar-refractivity contribution >= 4 is 34.8 Å². The molecular weight excluding hydrogens is 380 g/mol. The molecule has 0 spiro atoms. The molecule has 2 nitrogen and oxygen atoms in total. The lowest BCUT2D eigenvalue weighted by atomic mass is 10.0. The van der Waals surface area contributed by atoms with Crippen LogP contribution >= 0.6 is 24.4 Å². The smallest absolute Gasteiger partial charge is 0.160 e. The van der Waals surface area contributed by atoms with Gasteiger partial charge in [0, 0.05) is 0 Å². The Kier molecular flexibility index (Phi) is 24.3. The maximum atomic E-state index is 4.63. The summed E-state index contributed by atoms with van der Waals surface area (Å²) in [4.78, 5) is 8.00. The minimum absolute atomic E-state index is 0.152. The van der Waals surface area contributed by atoms with E-state index in [1.807, 2.05) is 0 Å². The molecule has 0 saturated carbocycles. The molecule has 0 saturated heterocycles. The lowest BCUT2D eigenvalue weighted by Crippen LogP contribution is -1.99. The zero-order valence-electron chi connectivity index (χ0n) is 18.4. The molecule has 0 radical (unpaired) electrons. The molecule has 162 valence electrons. The van der Waals surface area contributed by atoms with Crippen LogP contribution in [0, 0.1) is 0 Å². The van der Waals surface area contributed by atoms with Crippen molar-refractivity contribution in [2.45, 2.75) is 142 Å². The third kappa shape index (κ3) is 21.9. The molecule has 4 heteroatoms. The maximum Gasteiger partial charge on any atom is 0.160 e. The van der Waals surface area contributed by atoms with Crippen molar-refractivity contribution in [1.82, 2.24) is 0 Å². The topological polar surface area (TPSA) is 24.7 Å². The third-order valence-electron chi connectivity index (χ3n) is 5.47. The number of unbranched alkanes of at least 4 members (excludes halogenated alkanes) is 18. The van der Waals surface area contributed by atoms with Crippen LogP contribution in [0.2, 0.25) is 0 Å². The van der Waals surface area contributed by atoms with Crippen LogP contribution in [0.15, 0.2) is 9.98 Å². The largest absolute Gasteiger partial charge is 0.204 e. The zero-order chi connectivity index (χ0) is 20.5. The molecule has 0 heterocycles. The average molecular weight is 425 g/mol. The van der Waals surface area contributed by atoms with Crippen molar-refractivity contribution in [2.75, 3.05) is 0 Å². The SMILES string of the molecule is CCCCCCCCCCCCCCCCCCCCCC(N=C=S)N=C=S. The van der Waals surface area contributed by atoms with E-state index >= 15 is 0 Å². The molecule has 0 N–H and O–H groups in total. The quantitative estimate of drug-likeness (QED) is 0.0982. The molecule has 0 aromatic rings. The Hall–Kier alpha value is -0.400. The third-order valence-corrected chi connectivity index (χ3v) is 5.68. The number of nitrogens with zero attached hydrogens (tertiary/aromatic N) is 2. The van der Waals surface area contributed by atoms with Crippen LogP contribution in [0.1, 0.15) is 135 Å². The van der Waals surface area contributed by atoms with Crippen LogP contribution in [0.5, 0.6) is 0 Å². The van der Waals surface area contributed by atoms with Gasteiger partial charge in [-0.3, -0.25) is 0 Å². The molecule has 0 aliphatic rings. The van der Waals surface area contributed by atoms with Gasteiger partial charge in [0.25, 0.3) is 0 Å². The second-order valence-corrected chi connectivity index (χ2v) is 8.44. The summed E-state index contributed by atoms with van der Waals surface area (Å²) in [5.74, 6) is 0. The lowest BCUT2D eigenvalue weighted by Gasteiger charge is -2.05. The molecule has 0 fully saturated rings. The Labute approximate surface area is 186 Å². The van der Waals surface area contributed by atoms with Gasteiger partial charge in [0.15, 0.2) is 6.17 Å². The molecule has 0 amide bonds. The highest BCUT2D eigenvalue weighted by molar-refractivity contribution is 7.78. The summed E-state index contributed by atoms with van der Waals surface area (Å²) in [6.07, 6.45) is 27.3. The van der Waals surface area contributed by atoms with Crippen molar-refractivity contribution in [2.24, 2.45) is 9.98 Å². The van der Waals surface area contributed by atoms with E-state index in [0.717, 1.165) is 12.8 Å². The van der Waals surface area contributed by atoms with Crippen molar-refractivity contribution in [3.63, 3.8) is 0 Å². The molecule has 0 aromatic carbocycles. The van der Waals surface area contributed by atoms with E-state index in [2.05, 4.69) is 51.7 Å². The molecular formula is C24H44N2S2. The Balaban J connectivity index is 3.17. The Morgan fingerprint density at radius 3 is 1.07 bits per heavy atom. The van der Waals surface area contributed by atoms with Crippen LogP contribution in [0.3, 0.4) is 0 Å². The highest BCUT2D eigenvalue weighted by Crippen LogP contribution is 2.15. The Morgan fingerprint density at radius 2 is 0.786 bits per heavy atom. The first-order valence-electron chi connectivity index (χ1n) is 12.0. The van der Waals surface area contributed by atoms with Gasteiger partial charge in [-0.1, -0.05) is 122 Å². The van der Waals surface area contributed by atoms with E-state index in [-0.39, 0.29) is 6.17 Å². The fraction of sp³-hybridized carbons (Fsp3) is 0.917. The normalized spacial score (nSPS) is 11.6. The minimum atomic E-state index is -0.152. The number of hydrogen-bond donors (Lipinski definition) is 0. The summed E-state index contributed by atoms with van der Waals surface area (Å²) in [6.45, 7) is 2.29. The van der Waals surface area contributed by atoms with Gasteiger partial charge in [0.05, 0.1) is 10.3 Å². The molecule has 0 rings (SSSR count). The highest BCUT2D eigenvalue weighted by atomic mass is 32.1. The fourth-order valence-corrected chi connectivity index (χ4v) is 3.93. The predicted octanol–water partition coefficient (Wildman–Crippen LogP) is 9.34. The van der Waals surface area contributed by atoms with Crippen molar-refractivity contribution in [3.05, 3.63) is 0 Å². The predicted molar refractivity (Wildman–Crippen MR) is 132 cm³/mol. The second kappa shape index (κ2) is 24.6. The standard InChI is InChI=1S/C24H44N2S2/c1-2-3-4-5-6-7-8-9-10-11-12-13-14-15-16-17-18-19-20-21-24(25-22-27)26-23-28/h24H,2-21H2,1H3. The van der Waals surface area contributed by atoms with Crippen LogP contribution in [-0.4, -0.2) is 16.5 Å². The van der Waals surface area contributed by atoms with Gasteiger partial charge in [-0.2, -0.15) is 0 Å². The van der Waals surface area contributed by atoms with E-state index in [4.69, 9.17) is 0 Å². The molecule has 28 heavy (non-hydrogen) atoms. The zero-order valence-corrected chi connectivity index (χ0v) is 20.1. The van der Waals surface area contributed by atoms with Gasteiger partial charge >= 0.3 is 0 Å². The monoisotopic (exact) mass is 424 g/mol. The van der Waals surface area contributed by atoms with E-state index in [0.29, 0.717) is 0 Å². The van der Waals surface area contributed by atoms with Gasteiger partial charge in [-0.25, -0.2) is 9.98 Å². The van der Waals surface area contributed by atoms with Crippen molar-refractivity contribution in [3.8, 4) is 0 Å². The van der Waals surface area contributed by atoms with Gasteiger partial charge in [-0.05, 0) is 37.3 Å². The maximum absolute atomic E-state index is 4.63. The fourth-order valence-electron chi connectivity index (χ4n) is 3.68. The first-order valence-corrected chi connectivity index (χ1v) is 12.8. The molecule has 0 aliphatic carbocycles. The first kappa shape index (κ1) is 27.6. The second-order valence-electron chi connectivity index (χ2n) is 8.07. The number of thiocarbonyl (C=S) groups is 2. The minimum Gasteiger partial charge on any atom is -0.204 e. The summed E-state index contributed by atoms with van der Waals surface area (Å²) in [5, 5.41) is 4.78. The van der Waals surface area contributed by atoms with Gasteiger partial charge in [-0.15, -0.1) is 0 Å². The number of isothiocyanates is 2. The average Bonchev–Trinajstić information content (AvgIpc) is 2.70. The first-order chi connectivity index (χ1) is 13.8. The summed E-state index contributed by atoms with van der Waals surface area (Å²) in [7, 11) is 0. The van der Waals surface area contributed by atoms with Gasteiger partial charge in [0.1, 0.15) is 0 Å². The van der Waals surface area contributed by atoms with E-state index in [9.17, 15) is 0 Å². The number of rotatable bonds is 22.